The van der Waals surface area contributed by atoms with E-state index in [1.165, 1.54) is 13.5 Å². The van der Waals surface area contributed by atoms with Gasteiger partial charge in [0.05, 0.1) is 7.11 Å². The van der Waals surface area contributed by atoms with Crippen molar-refractivity contribution in [2.24, 2.45) is 0 Å². The fourth-order valence-corrected chi connectivity index (χ4v) is 3.39. The summed E-state index contributed by atoms with van der Waals surface area (Å²) in [6, 6.07) is 8.83. The van der Waals surface area contributed by atoms with E-state index in [4.69, 9.17) is 4.74 Å². The van der Waals surface area contributed by atoms with Gasteiger partial charge < -0.3 is 20.7 Å². The minimum absolute atomic E-state index is 0.177. The number of esters is 1. The number of urea groups is 1. The van der Waals surface area contributed by atoms with Gasteiger partial charge in [-0.3, -0.25) is 4.79 Å². The van der Waals surface area contributed by atoms with Gasteiger partial charge in [0.2, 0.25) is 5.91 Å². The Morgan fingerprint density at radius 1 is 1.11 bits per heavy atom. The van der Waals surface area contributed by atoms with E-state index >= 15 is 0 Å². The monoisotopic (exact) mass is 389 g/mol. The average molecular weight is 389 g/mol. The minimum Gasteiger partial charge on any atom is -0.467 e. The highest BCUT2D eigenvalue weighted by Crippen LogP contribution is 2.17. The lowest BCUT2D eigenvalue weighted by Gasteiger charge is -2.22. The summed E-state index contributed by atoms with van der Waals surface area (Å²) in [5, 5.41) is 8.50. The van der Waals surface area contributed by atoms with E-state index in [2.05, 4.69) is 16.0 Å². The van der Waals surface area contributed by atoms with Crippen LogP contribution in [0, 0.1) is 0 Å². The molecule has 0 bridgehead atoms. The number of benzene rings is 1. The standard InChI is InChI=1S/C21H31N3O4/c1-28-20(26)18(15-16-9-4-2-5-10-16)24-19(25)13-8-14-22-21(27)23-17-11-6-3-7-12-17/h2,4-5,9-10,17-18H,3,6-8,11-15H2,1H3,(H,24,25)(H2,22,23,27)/t18-/m0/s1. The Hall–Kier alpha value is -2.57. The van der Waals surface area contributed by atoms with Crippen LogP contribution in [0.3, 0.4) is 0 Å². The smallest absolute Gasteiger partial charge is 0.328 e. The molecule has 2 rings (SSSR count). The molecule has 1 aromatic rings. The highest BCUT2D eigenvalue weighted by atomic mass is 16.5. The lowest BCUT2D eigenvalue weighted by molar-refractivity contribution is -0.145. The number of carbonyl (C=O) groups excluding carboxylic acids is 3. The molecular formula is C21H31N3O4. The van der Waals surface area contributed by atoms with Gasteiger partial charge in [0.25, 0.3) is 0 Å². The Labute approximate surface area is 166 Å². The van der Waals surface area contributed by atoms with Crippen molar-refractivity contribution in [2.75, 3.05) is 13.7 Å². The molecule has 0 spiro atoms. The van der Waals surface area contributed by atoms with Crippen LogP contribution in [-0.4, -0.2) is 43.6 Å². The highest BCUT2D eigenvalue weighted by molar-refractivity contribution is 5.84. The number of hydrogen-bond acceptors (Lipinski definition) is 4. The van der Waals surface area contributed by atoms with E-state index in [1.807, 2.05) is 30.3 Å². The third-order valence-electron chi connectivity index (χ3n) is 4.91. The second-order valence-electron chi connectivity index (χ2n) is 7.17. The molecule has 1 aromatic carbocycles. The molecule has 1 saturated carbocycles. The average Bonchev–Trinajstić information content (AvgIpc) is 2.71. The predicted octanol–water partition coefficient (Wildman–Crippen LogP) is 2.30. The van der Waals surface area contributed by atoms with E-state index in [-0.39, 0.29) is 24.4 Å². The van der Waals surface area contributed by atoms with Crippen molar-refractivity contribution in [1.82, 2.24) is 16.0 Å². The first-order chi connectivity index (χ1) is 13.6. The Morgan fingerprint density at radius 3 is 2.50 bits per heavy atom. The zero-order valence-corrected chi connectivity index (χ0v) is 16.5. The van der Waals surface area contributed by atoms with Gasteiger partial charge in [-0.25, -0.2) is 9.59 Å². The van der Waals surface area contributed by atoms with Crippen LogP contribution in [0.25, 0.3) is 0 Å². The molecule has 0 unspecified atom stereocenters. The molecule has 3 amide bonds. The predicted molar refractivity (Wildman–Crippen MR) is 107 cm³/mol. The van der Waals surface area contributed by atoms with E-state index in [0.29, 0.717) is 19.4 Å². The van der Waals surface area contributed by atoms with Crippen molar-refractivity contribution >= 4 is 17.9 Å². The first-order valence-electron chi connectivity index (χ1n) is 10.0. The van der Waals surface area contributed by atoms with Crippen molar-refractivity contribution in [3.05, 3.63) is 35.9 Å². The summed E-state index contributed by atoms with van der Waals surface area (Å²) < 4.78 is 4.80. The topological polar surface area (TPSA) is 96.5 Å². The van der Waals surface area contributed by atoms with Gasteiger partial charge in [0, 0.05) is 25.4 Å². The lowest BCUT2D eigenvalue weighted by atomic mass is 9.96. The van der Waals surface area contributed by atoms with Gasteiger partial charge in [-0.05, 0) is 24.8 Å². The van der Waals surface area contributed by atoms with E-state index in [1.54, 1.807) is 0 Å². The van der Waals surface area contributed by atoms with Crippen LogP contribution >= 0.6 is 0 Å². The fourth-order valence-electron chi connectivity index (χ4n) is 3.39. The molecule has 1 aliphatic carbocycles. The van der Waals surface area contributed by atoms with Gasteiger partial charge in [0.1, 0.15) is 6.04 Å². The fraction of sp³-hybridized carbons (Fsp3) is 0.571. The Kier molecular flexibility index (Phi) is 9.31. The Bertz CT molecular complexity index is 630. The lowest BCUT2D eigenvalue weighted by Crippen LogP contribution is -2.44. The third kappa shape index (κ3) is 7.98. The second-order valence-corrected chi connectivity index (χ2v) is 7.17. The number of rotatable bonds is 9. The largest absolute Gasteiger partial charge is 0.467 e. The zero-order valence-electron chi connectivity index (χ0n) is 16.5. The molecule has 0 aliphatic heterocycles. The molecule has 7 nitrogen and oxygen atoms in total. The molecule has 3 N–H and O–H groups in total. The van der Waals surface area contributed by atoms with Crippen LogP contribution in [0.15, 0.2) is 30.3 Å². The minimum atomic E-state index is -0.720. The van der Waals surface area contributed by atoms with E-state index < -0.39 is 12.0 Å². The molecule has 0 saturated heterocycles. The van der Waals surface area contributed by atoms with Crippen LogP contribution in [-0.2, 0) is 20.7 Å². The van der Waals surface area contributed by atoms with Gasteiger partial charge in [-0.2, -0.15) is 0 Å². The first kappa shape index (κ1) is 21.7. The van der Waals surface area contributed by atoms with Gasteiger partial charge in [-0.1, -0.05) is 49.6 Å². The van der Waals surface area contributed by atoms with Gasteiger partial charge in [-0.15, -0.1) is 0 Å². The molecule has 28 heavy (non-hydrogen) atoms. The first-order valence-corrected chi connectivity index (χ1v) is 10.0. The summed E-state index contributed by atoms with van der Waals surface area (Å²) in [6.07, 6.45) is 6.74. The normalized spacial score (nSPS) is 15.3. The van der Waals surface area contributed by atoms with Crippen LogP contribution < -0.4 is 16.0 Å². The Balaban J connectivity index is 1.67. The number of ether oxygens (including phenoxy) is 1. The number of carbonyl (C=O) groups is 3. The van der Waals surface area contributed by atoms with Crippen LogP contribution in [0.2, 0.25) is 0 Å². The quantitative estimate of drug-likeness (QED) is 0.446. The number of amides is 3. The van der Waals surface area contributed by atoms with E-state index in [9.17, 15) is 14.4 Å². The van der Waals surface area contributed by atoms with Crippen LogP contribution in [0.5, 0.6) is 0 Å². The van der Waals surface area contributed by atoms with Crippen molar-refractivity contribution in [2.45, 2.75) is 63.5 Å². The molecule has 1 atom stereocenters. The van der Waals surface area contributed by atoms with Crippen molar-refractivity contribution in [3.8, 4) is 0 Å². The van der Waals surface area contributed by atoms with Gasteiger partial charge in [0.15, 0.2) is 0 Å². The molecule has 0 heterocycles. The van der Waals surface area contributed by atoms with Crippen LogP contribution in [0.4, 0.5) is 4.79 Å². The molecule has 1 fully saturated rings. The van der Waals surface area contributed by atoms with Crippen molar-refractivity contribution in [3.63, 3.8) is 0 Å². The Morgan fingerprint density at radius 2 is 1.82 bits per heavy atom. The highest BCUT2D eigenvalue weighted by Gasteiger charge is 2.21. The van der Waals surface area contributed by atoms with Crippen LogP contribution in [0.1, 0.15) is 50.5 Å². The molecular weight excluding hydrogens is 358 g/mol. The van der Waals surface area contributed by atoms with Crippen molar-refractivity contribution in [1.29, 1.82) is 0 Å². The summed E-state index contributed by atoms with van der Waals surface area (Å²) in [6.45, 7) is 0.410. The number of nitrogens with one attached hydrogen (secondary N) is 3. The molecule has 154 valence electrons. The molecule has 7 heteroatoms. The molecule has 0 aromatic heterocycles. The summed E-state index contributed by atoms with van der Waals surface area (Å²) in [4.78, 5) is 36.0. The van der Waals surface area contributed by atoms with Gasteiger partial charge >= 0.3 is 12.0 Å². The molecule has 0 radical (unpaired) electrons. The zero-order chi connectivity index (χ0) is 20.2. The van der Waals surface area contributed by atoms with Crippen molar-refractivity contribution < 1.29 is 19.1 Å². The number of methoxy groups -OCH3 is 1. The molecule has 1 aliphatic rings. The summed E-state index contributed by atoms with van der Waals surface area (Å²) >= 11 is 0. The summed E-state index contributed by atoms with van der Waals surface area (Å²) in [5.74, 6) is -0.706. The second kappa shape index (κ2) is 12.0. The summed E-state index contributed by atoms with van der Waals surface area (Å²) in [5.41, 5.74) is 0.944. The summed E-state index contributed by atoms with van der Waals surface area (Å²) in [7, 11) is 1.31. The third-order valence-corrected chi connectivity index (χ3v) is 4.91. The maximum atomic E-state index is 12.2. The maximum absolute atomic E-state index is 12.2. The number of hydrogen-bond donors (Lipinski definition) is 3. The maximum Gasteiger partial charge on any atom is 0.328 e. The van der Waals surface area contributed by atoms with E-state index in [0.717, 1.165) is 31.2 Å². The SMILES string of the molecule is COC(=O)[C@H](Cc1ccccc1)NC(=O)CCCNC(=O)NC1CCCCC1.